The first-order valence-electron chi connectivity index (χ1n) is 5.80. The molecule has 0 aliphatic rings. The van der Waals surface area contributed by atoms with Gasteiger partial charge in [0, 0.05) is 4.88 Å². The Kier molecular flexibility index (Phi) is 3.36. The number of hydrogen-bond acceptors (Lipinski definition) is 2. The highest BCUT2D eigenvalue weighted by molar-refractivity contribution is 7.10. The monoisotopic (exact) mass is 246 g/mol. The summed E-state index contributed by atoms with van der Waals surface area (Å²) in [5, 5.41) is 12.4. The standard InChI is InChI=1S/C15H18OS/c1-9-5-11(3)14(6-10(9)2)15(16)13-7-12(4)17-8-13/h5-8,15-16H,1-4H3. The van der Waals surface area contributed by atoms with E-state index >= 15 is 0 Å². The fraction of sp³-hybridized carbons (Fsp3) is 0.333. The van der Waals surface area contributed by atoms with Gasteiger partial charge in [0.25, 0.3) is 0 Å². The Morgan fingerprint density at radius 1 is 0.941 bits per heavy atom. The van der Waals surface area contributed by atoms with Crippen LogP contribution < -0.4 is 0 Å². The minimum Gasteiger partial charge on any atom is -0.384 e. The van der Waals surface area contributed by atoms with Crippen LogP contribution in [0.25, 0.3) is 0 Å². The van der Waals surface area contributed by atoms with Gasteiger partial charge in [-0.15, -0.1) is 11.3 Å². The van der Waals surface area contributed by atoms with E-state index in [2.05, 4.69) is 45.9 Å². The van der Waals surface area contributed by atoms with Gasteiger partial charge in [0.05, 0.1) is 0 Å². The SMILES string of the molecule is Cc1cc(C(O)c2cc(C)c(C)cc2C)cs1. The van der Waals surface area contributed by atoms with E-state index in [0.29, 0.717) is 0 Å². The fourth-order valence-corrected chi connectivity index (χ4v) is 2.79. The van der Waals surface area contributed by atoms with Crippen LogP contribution in [-0.2, 0) is 0 Å². The summed E-state index contributed by atoms with van der Waals surface area (Å²) in [5.74, 6) is 0. The van der Waals surface area contributed by atoms with Crippen molar-refractivity contribution in [2.24, 2.45) is 0 Å². The summed E-state index contributed by atoms with van der Waals surface area (Å²) in [6.45, 7) is 8.31. The van der Waals surface area contributed by atoms with Crippen molar-refractivity contribution in [2.45, 2.75) is 33.8 Å². The first-order valence-corrected chi connectivity index (χ1v) is 6.68. The molecule has 1 unspecified atom stereocenters. The molecule has 0 spiro atoms. The van der Waals surface area contributed by atoms with E-state index in [0.717, 1.165) is 16.7 Å². The van der Waals surface area contributed by atoms with Crippen molar-refractivity contribution < 1.29 is 5.11 Å². The molecule has 90 valence electrons. The zero-order valence-corrected chi connectivity index (χ0v) is 11.6. The van der Waals surface area contributed by atoms with Gasteiger partial charge >= 0.3 is 0 Å². The summed E-state index contributed by atoms with van der Waals surface area (Å²) in [4.78, 5) is 1.24. The average molecular weight is 246 g/mol. The maximum absolute atomic E-state index is 10.4. The van der Waals surface area contributed by atoms with Crippen LogP contribution in [0.15, 0.2) is 23.6 Å². The lowest BCUT2D eigenvalue weighted by Gasteiger charge is -2.15. The molecule has 0 aliphatic heterocycles. The molecule has 1 nitrogen and oxygen atoms in total. The van der Waals surface area contributed by atoms with Crippen molar-refractivity contribution in [3.05, 3.63) is 56.3 Å². The second-order valence-electron chi connectivity index (χ2n) is 4.69. The van der Waals surface area contributed by atoms with E-state index in [1.807, 2.05) is 5.38 Å². The van der Waals surface area contributed by atoms with Gasteiger partial charge in [-0.25, -0.2) is 0 Å². The lowest BCUT2D eigenvalue weighted by molar-refractivity contribution is 0.220. The summed E-state index contributed by atoms with van der Waals surface area (Å²) >= 11 is 1.68. The lowest BCUT2D eigenvalue weighted by Crippen LogP contribution is -2.02. The zero-order valence-electron chi connectivity index (χ0n) is 10.7. The van der Waals surface area contributed by atoms with Crippen molar-refractivity contribution in [1.82, 2.24) is 0 Å². The van der Waals surface area contributed by atoms with Crippen molar-refractivity contribution in [3.8, 4) is 0 Å². The number of rotatable bonds is 2. The minimum absolute atomic E-state index is 0.501. The van der Waals surface area contributed by atoms with Gasteiger partial charge in [0.1, 0.15) is 6.10 Å². The van der Waals surface area contributed by atoms with Gasteiger partial charge in [-0.2, -0.15) is 0 Å². The molecule has 1 N–H and O–H groups in total. The van der Waals surface area contributed by atoms with Gasteiger partial charge in [0.2, 0.25) is 0 Å². The van der Waals surface area contributed by atoms with Crippen LogP contribution >= 0.6 is 11.3 Å². The zero-order chi connectivity index (χ0) is 12.6. The van der Waals surface area contributed by atoms with Gasteiger partial charge in [-0.05, 0) is 67.0 Å². The summed E-state index contributed by atoms with van der Waals surface area (Å²) in [5.41, 5.74) is 5.69. The second kappa shape index (κ2) is 4.63. The molecule has 1 aromatic heterocycles. The Labute approximate surface area is 107 Å². The number of aryl methyl sites for hydroxylation is 4. The maximum Gasteiger partial charge on any atom is 0.105 e. The first-order chi connectivity index (χ1) is 7.99. The predicted molar refractivity (Wildman–Crippen MR) is 73.8 cm³/mol. The molecule has 1 aromatic carbocycles. The quantitative estimate of drug-likeness (QED) is 0.847. The Morgan fingerprint density at radius 2 is 1.59 bits per heavy atom. The highest BCUT2D eigenvalue weighted by Crippen LogP contribution is 2.29. The topological polar surface area (TPSA) is 20.2 Å². The summed E-state index contributed by atoms with van der Waals surface area (Å²) in [7, 11) is 0. The molecule has 0 bridgehead atoms. The first kappa shape index (κ1) is 12.3. The molecule has 2 rings (SSSR count). The molecule has 2 aromatic rings. The number of hydrogen-bond donors (Lipinski definition) is 1. The van der Waals surface area contributed by atoms with Crippen LogP contribution in [0.3, 0.4) is 0 Å². The van der Waals surface area contributed by atoms with E-state index < -0.39 is 6.10 Å². The van der Waals surface area contributed by atoms with Gasteiger partial charge in [-0.3, -0.25) is 0 Å². The summed E-state index contributed by atoms with van der Waals surface area (Å²) in [6.07, 6.45) is -0.501. The van der Waals surface area contributed by atoms with Crippen LogP contribution in [-0.4, -0.2) is 5.11 Å². The van der Waals surface area contributed by atoms with Crippen LogP contribution in [0, 0.1) is 27.7 Å². The van der Waals surface area contributed by atoms with Gasteiger partial charge < -0.3 is 5.11 Å². The van der Waals surface area contributed by atoms with Crippen LogP contribution in [0.5, 0.6) is 0 Å². The molecular weight excluding hydrogens is 228 g/mol. The largest absolute Gasteiger partial charge is 0.384 e. The molecule has 0 fully saturated rings. The molecule has 0 amide bonds. The smallest absolute Gasteiger partial charge is 0.105 e. The molecule has 0 aliphatic carbocycles. The van der Waals surface area contributed by atoms with Crippen molar-refractivity contribution in [2.75, 3.05) is 0 Å². The van der Waals surface area contributed by atoms with Crippen molar-refractivity contribution in [1.29, 1.82) is 0 Å². The van der Waals surface area contributed by atoms with Gasteiger partial charge in [0.15, 0.2) is 0 Å². The molecule has 2 heteroatoms. The summed E-state index contributed by atoms with van der Waals surface area (Å²) in [6, 6.07) is 6.30. The third-order valence-electron chi connectivity index (χ3n) is 3.24. The highest BCUT2D eigenvalue weighted by atomic mass is 32.1. The highest BCUT2D eigenvalue weighted by Gasteiger charge is 2.15. The minimum atomic E-state index is -0.501. The fourth-order valence-electron chi connectivity index (χ4n) is 2.06. The van der Waals surface area contributed by atoms with Crippen LogP contribution in [0.1, 0.15) is 38.8 Å². The Bertz CT molecular complexity index is 540. The van der Waals surface area contributed by atoms with E-state index in [1.165, 1.54) is 16.0 Å². The Morgan fingerprint density at radius 3 is 2.18 bits per heavy atom. The lowest BCUT2D eigenvalue weighted by atomic mass is 9.95. The van der Waals surface area contributed by atoms with E-state index in [9.17, 15) is 5.11 Å². The van der Waals surface area contributed by atoms with Crippen LogP contribution in [0.2, 0.25) is 0 Å². The third-order valence-corrected chi connectivity index (χ3v) is 4.12. The average Bonchev–Trinajstić information content (AvgIpc) is 2.69. The molecule has 0 saturated heterocycles. The molecule has 1 heterocycles. The molecule has 1 atom stereocenters. The second-order valence-corrected chi connectivity index (χ2v) is 5.80. The molecule has 0 radical (unpaired) electrons. The van der Waals surface area contributed by atoms with E-state index in [1.54, 1.807) is 11.3 Å². The summed E-state index contributed by atoms with van der Waals surface area (Å²) < 4.78 is 0. The van der Waals surface area contributed by atoms with Gasteiger partial charge in [-0.1, -0.05) is 12.1 Å². The maximum atomic E-state index is 10.4. The molecule has 17 heavy (non-hydrogen) atoms. The number of aliphatic hydroxyl groups is 1. The van der Waals surface area contributed by atoms with Crippen molar-refractivity contribution >= 4 is 11.3 Å². The predicted octanol–water partition coefficient (Wildman–Crippen LogP) is 4.06. The third kappa shape index (κ3) is 2.43. The number of aliphatic hydroxyl groups excluding tert-OH is 1. The van der Waals surface area contributed by atoms with Crippen LogP contribution in [0.4, 0.5) is 0 Å². The Balaban J connectivity index is 2.43. The number of thiophene rings is 1. The van der Waals surface area contributed by atoms with E-state index in [4.69, 9.17) is 0 Å². The number of benzene rings is 1. The molecular formula is C15H18OS. The Hall–Kier alpha value is -1.12. The normalized spacial score (nSPS) is 12.8. The van der Waals surface area contributed by atoms with Crippen molar-refractivity contribution in [3.63, 3.8) is 0 Å². The van der Waals surface area contributed by atoms with E-state index in [-0.39, 0.29) is 0 Å². The molecule has 0 saturated carbocycles.